The number of hydrogen-bond acceptors (Lipinski definition) is 6. The molecule has 0 heterocycles. The van der Waals surface area contributed by atoms with Crippen molar-refractivity contribution in [3.8, 4) is 11.5 Å². The lowest BCUT2D eigenvalue weighted by atomic mass is 10.1. The van der Waals surface area contributed by atoms with E-state index < -0.39 is 6.04 Å². The normalized spacial score (nSPS) is 11.6. The first-order valence-corrected chi connectivity index (χ1v) is 8.36. The quantitative estimate of drug-likeness (QED) is 0.558. The van der Waals surface area contributed by atoms with E-state index in [2.05, 4.69) is 17.8 Å². The molecule has 0 fully saturated rings. The van der Waals surface area contributed by atoms with Crippen molar-refractivity contribution < 1.29 is 19.0 Å². The number of carbonyl (C=O) groups is 1. The summed E-state index contributed by atoms with van der Waals surface area (Å²) in [6.45, 7) is 4.10. The number of carbonyl (C=O) groups excluding carboxylic acids is 1. The van der Waals surface area contributed by atoms with E-state index in [1.54, 1.807) is 14.2 Å². The first-order valence-electron chi connectivity index (χ1n) is 8.36. The Morgan fingerprint density at radius 3 is 2.31 bits per heavy atom. The van der Waals surface area contributed by atoms with Gasteiger partial charge in [0.25, 0.3) is 0 Å². The van der Waals surface area contributed by atoms with Crippen LogP contribution < -0.4 is 20.3 Å². The van der Waals surface area contributed by atoms with Crippen LogP contribution in [-0.2, 0) is 16.0 Å². The maximum Gasteiger partial charge on any atom is 0.325 e. The Balaban J connectivity index is 2.12. The SMILES string of the molecule is COC(=O)C(Cc1ccc(OC)c(OC)c1)NNc1ccc(C)c(C)c1. The zero-order chi connectivity index (χ0) is 19.1. The van der Waals surface area contributed by atoms with Crippen LogP contribution in [0, 0.1) is 13.8 Å². The van der Waals surface area contributed by atoms with Gasteiger partial charge in [-0.2, -0.15) is 0 Å². The van der Waals surface area contributed by atoms with E-state index in [1.165, 1.54) is 18.2 Å². The minimum Gasteiger partial charge on any atom is -0.493 e. The largest absolute Gasteiger partial charge is 0.493 e. The highest BCUT2D eigenvalue weighted by molar-refractivity contribution is 5.76. The van der Waals surface area contributed by atoms with Crippen LogP contribution in [-0.4, -0.2) is 33.3 Å². The van der Waals surface area contributed by atoms with Crippen LogP contribution in [0.15, 0.2) is 36.4 Å². The molecule has 0 amide bonds. The lowest BCUT2D eigenvalue weighted by Crippen LogP contribution is -2.42. The standard InChI is InChI=1S/C20H26N2O4/c1-13-6-8-16(10-14(13)2)21-22-17(20(23)26-5)11-15-7-9-18(24-3)19(12-15)25-4/h6-10,12,17,21-22H,11H2,1-5H3. The smallest absolute Gasteiger partial charge is 0.325 e. The van der Waals surface area contributed by atoms with Gasteiger partial charge >= 0.3 is 5.97 Å². The fourth-order valence-corrected chi connectivity index (χ4v) is 2.57. The van der Waals surface area contributed by atoms with Crippen molar-refractivity contribution in [3.63, 3.8) is 0 Å². The van der Waals surface area contributed by atoms with E-state index in [-0.39, 0.29) is 5.97 Å². The monoisotopic (exact) mass is 358 g/mol. The van der Waals surface area contributed by atoms with Gasteiger partial charge in [-0.05, 0) is 54.8 Å². The molecule has 0 aliphatic rings. The summed E-state index contributed by atoms with van der Waals surface area (Å²) in [7, 11) is 4.55. The highest BCUT2D eigenvalue weighted by Gasteiger charge is 2.20. The van der Waals surface area contributed by atoms with E-state index in [1.807, 2.05) is 43.3 Å². The Bertz CT molecular complexity index is 761. The van der Waals surface area contributed by atoms with Gasteiger partial charge in [0.2, 0.25) is 0 Å². The number of methoxy groups -OCH3 is 3. The molecule has 0 saturated heterocycles. The first-order chi connectivity index (χ1) is 12.5. The van der Waals surface area contributed by atoms with Crippen LogP contribution in [0.2, 0.25) is 0 Å². The van der Waals surface area contributed by atoms with E-state index in [9.17, 15) is 4.79 Å². The van der Waals surface area contributed by atoms with Gasteiger partial charge in [-0.15, -0.1) is 0 Å². The van der Waals surface area contributed by atoms with Crippen LogP contribution >= 0.6 is 0 Å². The first kappa shape index (κ1) is 19.6. The molecular weight excluding hydrogens is 332 g/mol. The molecule has 0 aliphatic heterocycles. The summed E-state index contributed by atoms with van der Waals surface area (Å²) in [5.74, 6) is 0.916. The summed E-state index contributed by atoms with van der Waals surface area (Å²) in [5.41, 5.74) is 10.3. The molecule has 26 heavy (non-hydrogen) atoms. The number of nitrogens with one attached hydrogen (secondary N) is 2. The summed E-state index contributed by atoms with van der Waals surface area (Å²) in [6, 6.07) is 11.0. The second-order valence-corrected chi connectivity index (χ2v) is 6.04. The highest BCUT2D eigenvalue weighted by Crippen LogP contribution is 2.28. The van der Waals surface area contributed by atoms with Gasteiger partial charge in [0, 0.05) is 12.1 Å². The van der Waals surface area contributed by atoms with Crippen molar-refractivity contribution in [2.24, 2.45) is 0 Å². The average molecular weight is 358 g/mol. The van der Waals surface area contributed by atoms with Gasteiger partial charge in [0.15, 0.2) is 11.5 Å². The number of hydrogen-bond donors (Lipinski definition) is 2. The molecule has 0 aliphatic carbocycles. The number of esters is 1. The van der Waals surface area contributed by atoms with Gasteiger partial charge in [0.1, 0.15) is 6.04 Å². The van der Waals surface area contributed by atoms with E-state index in [0.29, 0.717) is 17.9 Å². The molecule has 1 atom stereocenters. The van der Waals surface area contributed by atoms with E-state index >= 15 is 0 Å². The van der Waals surface area contributed by atoms with Crippen LogP contribution in [0.25, 0.3) is 0 Å². The molecule has 0 bridgehead atoms. The average Bonchev–Trinajstić information content (AvgIpc) is 2.66. The number of ether oxygens (including phenoxy) is 3. The fourth-order valence-electron chi connectivity index (χ4n) is 2.57. The molecule has 2 aromatic rings. The number of rotatable bonds is 8. The molecule has 2 rings (SSSR count). The number of aryl methyl sites for hydroxylation is 2. The molecule has 2 N–H and O–H groups in total. The topological polar surface area (TPSA) is 68.8 Å². The molecule has 0 aromatic heterocycles. The molecule has 0 radical (unpaired) electrons. The van der Waals surface area contributed by atoms with Gasteiger partial charge in [-0.25, -0.2) is 5.43 Å². The third-order valence-electron chi connectivity index (χ3n) is 4.27. The Hall–Kier alpha value is -2.73. The third-order valence-corrected chi connectivity index (χ3v) is 4.27. The summed E-state index contributed by atoms with van der Waals surface area (Å²) >= 11 is 0. The Labute approximate surface area is 154 Å². The zero-order valence-electron chi connectivity index (χ0n) is 15.9. The minimum atomic E-state index is -0.556. The Morgan fingerprint density at radius 1 is 0.962 bits per heavy atom. The van der Waals surface area contributed by atoms with E-state index in [0.717, 1.165) is 11.3 Å². The van der Waals surface area contributed by atoms with Crippen LogP contribution in [0.4, 0.5) is 5.69 Å². The lowest BCUT2D eigenvalue weighted by molar-refractivity contribution is -0.142. The molecule has 0 spiro atoms. The molecule has 6 nitrogen and oxygen atoms in total. The molecule has 6 heteroatoms. The summed E-state index contributed by atoms with van der Waals surface area (Å²) in [4.78, 5) is 12.2. The van der Waals surface area contributed by atoms with Crippen LogP contribution in [0.5, 0.6) is 11.5 Å². The Kier molecular flexibility index (Phi) is 6.86. The van der Waals surface area contributed by atoms with Crippen molar-refractivity contribution >= 4 is 11.7 Å². The van der Waals surface area contributed by atoms with E-state index in [4.69, 9.17) is 14.2 Å². The predicted molar refractivity (Wildman–Crippen MR) is 102 cm³/mol. The fraction of sp³-hybridized carbons (Fsp3) is 0.350. The third kappa shape index (κ3) is 4.89. The molecule has 2 aromatic carbocycles. The van der Waals surface area contributed by atoms with Gasteiger partial charge in [-0.3, -0.25) is 4.79 Å². The maximum absolute atomic E-state index is 12.2. The van der Waals surface area contributed by atoms with Crippen molar-refractivity contribution in [1.82, 2.24) is 5.43 Å². The number of hydrazine groups is 1. The Morgan fingerprint density at radius 2 is 1.69 bits per heavy atom. The van der Waals surface area contributed by atoms with Crippen molar-refractivity contribution in [3.05, 3.63) is 53.1 Å². The number of anilines is 1. The second kappa shape index (κ2) is 9.10. The number of benzene rings is 2. The van der Waals surface area contributed by atoms with Gasteiger partial charge in [0.05, 0.1) is 21.3 Å². The minimum absolute atomic E-state index is 0.351. The van der Waals surface area contributed by atoms with Crippen molar-refractivity contribution in [2.75, 3.05) is 26.8 Å². The molecule has 1 unspecified atom stereocenters. The summed E-state index contributed by atoms with van der Waals surface area (Å²) in [6.07, 6.45) is 0.435. The summed E-state index contributed by atoms with van der Waals surface area (Å²) in [5, 5.41) is 0. The molecule has 140 valence electrons. The van der Waals surface area contributed by atoms with Crippen molar-refractivity contribution in [2.45, 2.75) is 26.3 Å². The van der Waals surface area contributed by atoms with Crippen molar-refractivity contribution in [1.29, 1.82) is 0 Å². The summed E-state index contributed by atoms with van der Waals surface area (Å²) < 4.78 is 15.5. The molecule has 0 saturated carbocycles. The van der Waals surface area contributed by atoms with Gasteiger partial charge < -0.3 is 19.6 Å². The molecular formula is C20H26N2O4. The van der Waals surface area contributed by atoms with Crippen LogP contribution in [0.3, 0.4) is 0 Å². The highest BCUT2D eigenvalue weighted by atomic mass is 16.5. The predicted octanol–water partition coefficient (Wildman–Crippen LogP) is 3.02. The van der Waals surface area contributed by atoms with Crippen LogP contribution in [0.1, 0.15) is 16.7 Å². The zero-order valence-corrected chi connectivity index (χ0v) is 15.9. The second-order valence-electron chi connectivity index (χ2n) is 6.04. The maximum atomic E-state index is 12.2. The lowest BCUT2D eigenvalue weighted by Gasteiger charge is -2.19. The van der Waals surface area contributed by atoms with Gasteiger partial charge in [-0.1, -0.05) is 12.1 Å².